The standard InChI is InChI=1S/C64H43N/c1-3-11-44(12-4-1)46-19-21-48(22-20-46)49-33-37-57(38-34-49)65(59-41-56-16-8-9-17-60(56)62(43-59)52-25-23-47(24-26-52)45-13-5-2-6-14-45)58-39-35-50(36-40-58)55-32-29-53-28-31-54-30-27-51-15-7-10-18-61(51)64(54)63(53)42-55/h1-43H. The normalized spacial score (nSPS) is 11.4. The van der Waals surface area contributed by atoms with E-state index in [1.807, 2.05) is 0 Å². The van der Waals surface area contributed by atoms with Gasteiger partial charge in [-0.15, -0.1) is 0 Å². The van der Waals surface area contributed by atoms with Gasteiger partial charge in [-0.1, -0.05) is 218 Å². The highest BCUT2D eigenvalue weighted by Crippen LogP contribution is 2.42. The summed E-state index contributed by atoms with van der Waals surface area (Å²) in [6.45, 7) is 0. The molecule has 0 fully saturated rings. The van der Waals surface area contributed by atoms with Gasteiger partial charge in [0.2, 0.25) is 0 Å². The molecule has 12 rings (SSSR count). The van der Waals surface area contributed by atoms with Crippen molar-refractivity contribution < 1.29 is 0 Å². The van der Waals surface area contributed by atoms with Crippen LogP contribution in [0.5, 0.6) is 0 Å². The van der Waals surface area contributed by atoms with Crippen molar-refractivity contribution in [1.82, 2.24) is 0 Å². The van der Waals surface area contributed by atoms with Crippen molar-refractivity contribution in [3.8, 4) is 55.6 Å². The maximum atomic E-state index is 2.40. The van der Waals surface area contributed by atoms with Crippen molar-refractivity contribution in [3.63, 3.8) is 0 Å². The molecule has 0 aliphatic rings. The van der Waals surface area contributed by atoms with Crippen molar-refractivity contribution in [2.45, 2.75) is 0 Å². The van der Waals surface area contributed by atoms with E-state index in [2.05, 4.69) is 266 Å². The van der Waals surface area contributed by atoms with Crippen LogP contribution in [0, 0.1) is 0 Å². The average molecular weight is 826 g/mol. The Morgan fingerprint density at radius 2 is 0.585 bits per heavy atom. The van der Waals surface area contributed by atoms with Crippen molar-refractivity contribution >= 4 is 60.2 Å². The van der Waals surface area contributed by atoms with Crippen LogP contribution in [0.3, 0.4) is 0 Å². The van der Waals surface area contributed by atoms with Crippen LogP contribution in [0.25, 0.3) is 98.7 Å². The second kappa shape index (κ2) is 16.3. The van der Waals surface area contributed by atoms with Crippen LogP contribution in [0.15, 0.2) is 261 Å². The van der Waals surface area contributed by atoms with Crippen LogP contribution >= 0.6 is 0 Å². The summed E-state index contributed by atoms with van der Waals surface area (Å²) in [7, 11) is 0. The van der Waals surface area contributed by atoms with Crippen molar-refractivity contribution in [1.29, 1.82) is 0 Å². The number of rotatable bonds is 8. The zero-order chi connectivity index (χ0) is 43.1. The van der Waals surface area contributed by atoms with E-state index < -0.39 is 0 Å². The fourth-order valence-corrected chi connectivity index (χ4v) is 9.68. The molecule has 0 spiro atoms. The summed E-state index contributed by atoms with van der Waals surface area (Å²) in [5, 5.41) is 10.1. The summed E-state index contributed by atoms with van der Waals surface area (Å²) in [4.78, 5) is 2.40. The summed E-state index contributed by atoms with van der Waals surface area (Å²) in [5.41, 5.74) is 15.3. The second-order valence-electron chi connectivity index (χ2n) is 16.9. The van der Waals surface area contributed by atoms with E-state index in [1.54, 1.807) is 0 Å². The Hall–Kier alpha value is -8.52. The van der Waals surface area contributed by atoms with Crippen molar-refractivity contribution in [2.75, 3.05) is 4.90 Å². The van der Waals surface area contributed by atoms with Gasteiger partial charge in [-0.05, 0) is 141 Å². The van der Waals surface area contributed by atoms with Gasteiger partial charge in [0.15, 0.2) is 0 Å². The van der Waals surface area contributed by atoms with Crippen LogP contribution in [-0.2, 0) is 0 Å². The smallest absolute Gasteiger partial charge is 0.0474 e. The third-order valence-corrected chi connectivity index (χ3v) is 13.0. The molecule has 1 nitrogen and oxygen atoms in total. The molecule has 304 valence electrons. The van der Waals surface area contributed by atoms with Gasteiger partial charge >= 0.3 is 0 Å². The molecule has 0 heterocycles. The molecule has 0 bridgehead atoms. The van der Waals surface area contributed by atoms with Crippen molar-refractivity contribution in [2.24, 2.45) is 0 Å². The monoisotopic (exact) mass is 825 g/mol. The first kappa shape index (κ1) is 38.2. The number of nitrogens with zero attached hydrogens (tertiary/aromatic N) is 1. The summed E-state index contributed by atoms with van der Waals surface area (Å²) >= 11 is 0. The topological polar surface area (TPSA) is 3.24 Å². The molecule has 0 aliphatic carbocycles. The highest BCUT2D eigenvalue weighted by atomic mass is 15.1. The Balaban J connectivity index is 0.963. The van der Waals surface area contributed by atoms with E-state index in [4.69, 9.17) is 0 Å². The molecule has 0 radical (unpaired) electrons. The Labute approximate surface area is 379 Å². The maximum absolute atomic E-state index is 2.40. The van der Waals surface area contributed by atoms with E-state index in [0.29, 0.717) is 0 Å². The molecule has 1 heteroatoms. The van der Waals surface area contributed by atoms with Crippen molar-refractivity contribution in [3.05, 3.63) is 261 Å². The van der Waals surface area contributed by atoms with Gasteiger partial charge in [0, 0.05) is 17.1 Å². The van der Waals surface area contributed by atoms with Crippen LogP contribution in [0.1, 0.15) is 0 Å². The van der Waals surface area contributed by atoms with Crippen LogP contribution in [0.4, 0.5) is 17.1 Å². The molecule has 0 atom stereocenters. The van der Waals surface area contributed by atoms with E-state index in [0.717, 1.165) is 17.1 Å². The first-order valence-electron chi connectivity index (χ1n) is 22.4. The predicted molar refractivity (Wildman–Crippen MR) is 278 cm³/mol. The Morgan fingerprint density at radius 3 is 1.15 bits per heavy atom. The van der Waals surface area contributed by atoms with E-state index in [-0.39, 0.29) is 0 Å². The summed E-state index contributed by atoms with van der Waals surface area (Å²) < 4.78 is 0. The van der Waals surface area contributed by atoms with Gasteiger partial charge in [-0.3, -0.25) is 0 Å². The average Bonchev–Trinajstić information content (AvgIpc) is 3.39. The molecule has 0 saturated heterocycles. The Bertz CT molecular complexity index is 3640. The number of anilines is 3. The number of hydrogen-bond donors (Lipinski definition) is 0. The third-order valence-electron chi connectivity index (χ3n) is 13.0. The molecule has 0 amide bonds. The summed E-state index contributed by atoms with van der Waals surface area (Å²) in [5.74, 6) is 0. The van der Waals surface area contributed by atoms with Gasteiger partial charge < -0.3 is 4.90 Å². The lowest BCUT2D eigenvalue weighted by Gasteiger charge is -2.27. The van der Waals surface area contributed by atoms with E-state index in [1.165, 1.54) is 98.7 Å². The first-order valence-corrected chi connectivity index (χ1v) is 22.4. The predicted octanol–water partition coefficient (Wildman–Crippen LogP) is 18.1. The van der Waals surface area contributed by atoms with Gasteiger partial charge in [0.05, 0.1) is 0 Å². The second-order valence-corrected chi connectivity index (χ2v) is 16.9. The van der Waals surface area contributed by atoms with Gasteiger partial charge in [-0.2, -0.15) is 0 Å². The largest absolute Gasteiger partial charge is 0.310 e. The third kappa shape index (κ3) is 7.20. The lowest BCUT2D eigenvalue weighted by Crippen LogP contribution is -2.10. The zero-order valence-electron chi connectivity index (χ0n) is 35.8. The lowest BCUT2D eigenvalue weighted by atomic mass is 9.93. The molecular formula is C64H43N. The zero-order valence-corrected chi connectivity index (χ0v) is 35.8. The molecule has 0 saturated carbocycles. The number of fused-ring (bicyclic) bond motifs is 6. The fraction of sp³-hybridized carbons (Fsp3) is 0. The molecule has 0 aliphatic heterocycles. The minimum atomic E-state index is 1.09. The summed E-state index contributed by atoms with van der Waals surface area (Å²) in [6.07, 6.45) is 0. The van der Waals surface area contributed by atoms with Crippen LogP contribution < -0.4 is 4.90 Å². The summed E-state index contributed by atoms with van der Waals surface area (Å²) in [6, 6.07) is 95.3. The Kier molecular flexibility index (Phi) is 9.58. The molecule has 12 aromatic carbocycles. The van der Waals surface area contributed by atoms with Gasteiger partial charge in [0.1, 0.15) is 0 Å². The Morgan fingerprint density at radius 1 is 0.200 bits per heavy atom. The minimum Gasteiger partial charge on any atom is -0.310 e. The lowest BCUT2D eigenvalue weighted by molar-refractivity contribution is 1.29. The first-order chi connectivity index (χ1) is 32.2. The quantitative estimate of drug-likeness (QED) is 0.138. The fourth-order valence-electron chi connectivity index (χ4n) is 9.68. The molecule has 65 heavy (non-hydrogen) atoms. The van der Waals surface area contributed by atoms with Crippen LogP contribution in [-0.4, -0.2) is 0 Å². The molecule has 12 aromatic rings. The molecule has 0 unspecified atom stereocenters. The van der Waals surface area contributed by atoms with Gasteiger partial charge in [0.25, 0.3) is 0 Å². The highest BCUT2D eigenvalue weighted by Gasteiger charge is 2.17. The van der Waals surface area contributed by atoms with Crippen LogP contribution in [0.2, 0.25) is 0 Å². The minimum absolute atomic E-state index is 1.09. The van der Waals surface area contributed by atoms with Gasteiger partial charge in [-0.25, -0.2) is 0 Å². The SMILES string of the molecule is c1ccc(-c2ccc(-c3ccc(N(c4ccc(-c5ccc6ccc7ccc8ccccc8c7c6c5)cc4)c4cc(-c5ccc(-c6ccccc6)cc5)c5ccccc5c4)cc3)cc2)cc1. The maximum Gasteiger partial charge on any atom is 0.0474 e. The number of hydrogen-bond acceptors (Lipinski definition) is 1. The van der Waals surface area contributed by atoms with E-state index >= 15 is 0 Å². The highest BCUT2D eigenvalue weighted by molar-refractivity contribution is 6.20. The molecule has 0 N–H and O–H groups in total. The van der Waals surface area contributed by atoms with E-state index in [9.17, 15) is 0 Å². The molecule has 0 aromatic heterocycles. The molecular weight excluding hydrogens is 783 g/mol. The number of benzene rings is 12.